The largest absolute Gasteiger partial charge is 0.311 e. The summed E-state index contributed by atoms with van der Waals surface area (Å²) in [6, 6.07) is 0. The second-order valence-corrected chi connectivity index (χ2v) is 5.68. The Morgan fingerprint density at radius 1 is 1.25 bits per heavy atom. The van der Waals surface area contributed by atoms with Crippen LogP contribution in [-0.4, -0.2) is 12.1 Å². The van der Waals surface area contributed by atoms with E-state index in [1.165, 1.54) is 32.2 Å². The SMILES string of the molecule is CC1(C)C2CCC3(CCN3)C1C2. The predicted octanol–water partition coefficient (Wildman–Crippen LogP) is 2.17. The molecule has 3 unspecified atom stereocenters. The van der Waals surface area contributed by atoms with Crippen molar-refractivity contribution in [2.45, 2.75) is 45.1 Å². The fraction of sp³-hybridized carbons (Fsp3) is 1.00. The second-order valence-electron chi connectivity index (χ2n) is 5.68. The second kappa shape index (κ2) is 1.89. The van der Waals surface area contributed by atoms with Crippen LogP contribution in [0.15, 0.2) is 0 Å². The molecule has 3 saturated carbocycles. The van der Waals surface area contributed by atoms with Crippen LogP contribution in [0.3, 0.4) is 0 Å². The monoisotopic (exact) mass is 165 g/mol. The van der Waals surface area contributed by atoms with Crippen molar-refractivity contribution < 1.29 is 0 Å². The fourth-order valence-electron chi connectivity index (χ4n) is 4.01. The Morgan fingerprint density at radius 2 is 2.00 bits per heavy atom. The molecule has 0 radical (unpaired) electrons. The van der Waals surface area contributed by atoms with Crippen LogP contribution < -0.4 is 5.32 Å². The molecule has 4 rings (SSSR count). The van der Waals surface area contributed by atoms with Gasteiger partial charge in [0.1, 0.15) is 0 Å². The quantitative estimate of drug-likeness (QED) is 0.580. The Balaban J connectivity index is 1.90. The maximum absolute atomic E-state index is 3.70. The lowest BCUT2D eigenvalue weighted by atomic mass is 9.41. The van der Waals surface area contributed by atoms with Crippen LogP contribution in [0.1, 0.15) is 39.5 Å². The van der Waals surface area contributed by atoms with E-state index < -0.39 is 0 Å². The topological polar surface area (TPSA) is 12.0 Å². The summed E-state index contributed by atoms with van der Waals surface area (Å²) in [5, 5.41) is 3.70. The average Bonchev–Trinajstić information content (AvgIpc) is 2.01. The van der Waals surface area contributed by atoms with E-state index >= 15 is 0 Å². The zero-order valence-corrected chi connectivity index (χ0v) is 8.19. The lowest BCUT2D eigenvalue weighted by molar-refractivity contribution is -0.151. The highest BCUT2D eigenvalue weighted by molar-refractivity contribution is 5.16. The van der Waals surface area contributed by atoms with Gasteiger partial charge in [-0.25, -0.2) is 0 Å². The molecule has 1 N–H and O–H groups in total. The Bertz CT molecular complexity index is 213. The van der Waals surface area contributed by atoms with Gasteiger partial charge in [-0.3, -0.25) is 0 Å². The van der Waals surface area contributed by atoms with Crippen LogP contribution in [-0.2, 0) is 0 Å². The van der Waals surface area contributed by atoms with Gasteiger partial charge in [-0.15, -0.1) is 0 Å². The minimum Gasteiger partial charge on any atom is -0.311 e. The molecule has 0 amide bonds. The summed E-state index contributed by atoms with van der Waals surface area (Å²) in [7, 11) is 0. The molecule has 4 aliphatic rings. The van der Waals surface area contributed by atoms with Crippen molar-refractivity contribution in [2.75, 3.05) is 6.54 Å². The zero-order valence-electron chi connectivity index (χ0n) is 8.19. The summed E-state index contributed by atoms with van der Waals surface area (Å²) in [5.41, 5.74) is 1.27. The summed E-state index contributed by atoms with van der Waals surface area (Å²) in [6.07, 6.45) is 5.91. The van der Waals surface area contributed by atoms with Gasteiger partial charge >= 0.3 is 0 Å². The molecule has 12 heavy (non-hydrogen) atoms. The molecule has 1 nitrogen and oxygen atoms in total. The number of hydrogen-bond donors (Lipinski definition) is 1. The molecule has 3 atom stereocenters. The van der Waals surface area contributed by atoms with Crippen LogP contribution in [0.4, 0.5) is 0 Å². The number of rotatable bonds is 0. The van der Waals surface area contributed by atoms with Crippen molar-refractivity contribution >= 4 is 0 Å². The van der Waals surface area contributed by atoms with Crippen molar-refractivity contribution in [1.29, 1.82) is 0 Å². The van der Waals surface area contributed by atoms with Crippen molar-refractivity contribution in [1.82, 2.24) is 5.32 Å². The van der Waals surface area contributed by atoms with E-state index in [1.54, 1.807) is 0 Å². The van der Waals surface area contributed by atoms with Crippen LogP contribution >= 0.6 is 0 Å². The maximum Gasteiger partial charge on any atom is 0.0227 e. The lowest BCUT2D eigenvalue weighted by Crippen LogP contribution is -2.72. The minimum atomic E-state index is 0.609. The van der Waals surface area contributed by atoms with Crippen molar-refractivity contribution in [3.63, 3.8) is 0 Å². The number of fused-ring (bicyclic) bond motifs is 1. The number of hydrogen-bond acceptors (Lipinski definition) is 1. The molecule has 1 saturated heterocycles. The van der Waals surface area contributed by atoms with Crippen molar-refractivity contribution in [2.24, 2.45) is 17.3 Å². The summed E-state index contributed by atoms with van der Waals surface area (Å²) in [6.45, 7) is 6.23. The first-order valence-corrected chi connectivity index (χ1v) is 5.40. The highest BCUT2D eigenvalue weighted by atomic mass is 15.1. The van der Waals surface area contributed by atoms with E-state index in [-0.39, 0.29) is 0 Å². The van der Waals surface area contributed by atoms with Gasteiger partial charge in [0.2, 0.25) is 0 Å². The van der Waals surface area contributed by atoms with Crippen LogP contribution in [0.25, 0.3) is 0 Å². The highest BCUT2D eigenvalue weighted by Gasteiger charge is 2.62. The van der Waals surface area contributed by atoms with E-state index in [0.717, 1.165) is 11.8 Å². The van der Waals surface area contributed by atoms with Gasteiger partial charge in [-0.05, 0) is 49.5 Å². The van der Waals surface area contributed by atoms with Gasteiger partial charge in [0.05, 0.1) is 0 Å². The van der Waals surface area contributed by atoms with Gasteiger partial charge in [0, 0.05) is 5.54 Å². The van der Waals surface area contributed by atoms with E-state index in [2.05, 4.69) is 19.2 Å². The van der Waals surface area contributed by atoms with Crippen molar-refractivity contribution in [3.05, 3.63) is 0 Å². The molecule has 1 aliphatic heterocycles. The molecule has 1 spiro atoms. The summed E-state index contributed by atoms with van der Waals surface area (Å²) in [5.74, 6) is 2.05. The molecule has 4 fully saturated rings. The molecule has 3 aliphatic carbocycles. The predicted molar refractivity (Wildman–Crippen MR) is 50.0 cm³/mol. The van der Waals surface area contributed by atoms with E-state index in [4.69, 9.17) is 0 Å². The lowest BCUT2D eigenvalue weighted by Gasteiger charge is -2.68. The van der Waals surface area contributed by atoms with E-state index in [9.17, 15) is 0 Å². The first-order chi connectivity index (χ1) is 5.65. The molecule has 68 valence electrons. The third kappa shape index (κ3) is 0.618. The smallest absolute Gasteiger partial charge is 0.0227 e. The molecule has 2 bridgehead atoms. The first-order valence-electron chi connectivity index (χ1n) is 5.40. The summed E-state index contributed by atoms with van der Waals surface area (Å²) in [4.78, 5) is 0. The Morgan fingerprint density at radius 3 is 2.33 bits per heavy atom. The van der Waals surface area contributed by atoms with E-state index in [0.29, 0.717) is 11.0 Å². The third-order valence-electron chi connectivity index (χ3n) is 5.12. The molecule has 0 aromatic rings. The van der Waals surface area contributed by atoms with Crippen LogP contribution in [0.5, 0.6) is 0 Å². The molecule has 1 heterocycles. The summed E-state index contributed by atoms with van der Waals surface area (Å²) < 4.78 is 0. The maximum atomic E-state index is 3.70. The zero-order chi connectivity index (χ0) is 8.40. The third-order valence-corrected chi connectivity index (χ3v) is 5.12. The first kappa shape index (κ1) is 7.37. The Kier molecular flexibility index (Phi) is 1.16. The Labute approximate surface area is 74.9 Å². The molecular formula is C11H19N. The average molecular weight is 165 g/mol. The van der Waals surface area contributed by atoms with E-state index in [1.807, 2.05) is 0 Å². The molecular weight excluding hydrogens is 146 g/mol. The van der Waals surface area contributed by atoms with Crippen LogP contribution in [0.2, 0.25) is 0 Å². The minimum absolute atomic E-state index is 0.609. The molecule has 1 heteroatoms. The van der Waals surface area contributed by atoms with Gasteiger partial charge in [-0.2, -0.15) is 0 Å². The standard InChI is InChI=1S/C11H19N/c1-10(2)8-3-4-11(5-6-12-11)9(10)7-8/h8-9,12H,3-7H2,1-2H3. The Hall–Kier alpha value is -0.0400. The van der Waals surface area contributed by atoms with Gasteiger partial charge in [0.15, 0.2) is 0 Å². The summed E-state index contributed by atoms with van der Waals surface area (Å²) >= 11 is 0. The highest BCUT2D eigenvalue weighted by Crippen LogP contribution is 2.64. The van der Waals surface area contributed by atoms with Crippen LogP contribution in [0, 0.1) is 17.3 Å². The number of nitrogens with one attached hydrogen (secondary N) is 1. The van der Waals surface area contributed by atoms with Gasteiger partial charge in [-0.1, -0.05) is 13.8 Å². The van der Waals surface area contributed by atoms with Crippen molar-refractivity contribution in [3.8, 4) is 0 Å². The molecule has 0 aromatic heterocycles. The fourth-order valence-corrected chi connectivity index (χ4v) is 4.01. The van der Waals surface area contributed by atoms with Gasteiger partial charge in [0.25, 0.3) is 0 Å². The van der Waals surface area contributed by atoms with Gasteiger partial charge < -0.3 is 5.32 Å². The normalized spacial score (nSPS) is 54.5. The molecule has 0 aromatic carbocycles.